The zero-order valence-electron chi connectivity index (χ0n) is 19.4. The Morgan fingerprint density at radius 2 is 2.06 bits per heavy atom. The Morgan fingerprint density at radius 1 is 1.28 bits per heavy atom. The number of piperidine rings is 1. The van der Waals surface area contributed by atoms with Crippen LogP contribution in [0.3, 0.4) is 0 Å². The number of rotatable bonds is 4. The second kappa shape index (κ2) is 9.32. The number of nitrogens with one attached hydrogen (secondary N) is 1. The van der Waals surface area contributed by atoms with Crippen molar-refractivity contribution < 1.29 is 19.2 Å². The molecule has 0 bridgehead atoms. The van der Waals surface area contributed by atoms with E-state index in [1.807, 2.05) is 24.3 Å². The highest BCUT2D eigenvalue weighted by Gasteiger charge is 2.49. The second-order valence-electron chi connectivity index (χ2n) is 9.37. The molecular formula is C25H24Cl3N3O5. The molecule has 11 heteroatoms. The van der Waals surface area contributed by atoms with E-state index < -0.39 is 9.89 Å². The molecule has 0 radical (unpaired) electrons. The molecule has 1 aliphatic heterocycles. The van der Waals surface area contributed by atoms with E-state index in [9.17, 15) is 14.9 Å². The number of methoxy groups -OCH3 is 1. The zero-order valence-corrected chi connectivity index (χ0v) is 21.7. The molecule has 2 atom stereocenters. The van der Waals surface area contributed by atoms with Crippen molar-refractivity contribution in [3.63, 3.8) is 0 Å². The minimum atomic E-state index is -1.69. The third kappa shape index (κ3) is 4.46. The molecule has 2 aliphatic rings. The van der Waals surface area contributed by atoms with Crippen molar-refractivity contribution in [3.8, 4) is 5.75 Å². The number of amides is 1. The molecule has 8 nitrogen and oxygen atoms in total. The summed E-state index contributed by atoms with van der Waals surface area (Å²) >= 11 is 17.3. The molecule has 2 aromatic carbocycles. The molecule has 1 aliphatic carbocycles. The van der Waals surface area contributed by atoms with Gasteiger partial charge in [0, 0.05) is 35.7 Å². The number of aromatic nitrogens is 1. The summed E-state index contributed by atoms with van der Waals surface area (Å²) in [7, 11) is 1.63. The number of hydrogen-bond donors (Lipinski definition) is 1. The lowest BCUT2D eigenvalue weighted by Gasteiger charge is -2.50. The highest BCUT2D eigenvalue weighted by Crippen LogP contribution is 2.50. The summed E-state index contributed by atoms with van der Waals surface area (Å²) in [5, 5.41) is 12.5. The number of benzene rings is 2. The van der Waals surface area contributed by atoms with Crippen molar-refractivity contribution in [1.82, 2.24) is 9.88 Å². The van der Waals surface area contributed by atoms with Crippen LogP contribution in [0.2, 0.25) is 0 Å². The van der Waals surface area contributed by atoms with E-state index in [0.29, 0.717) is 37.9 Å². The number of carbonyl (C=O) groups excluding carboxylic acids is 1. The largest absolute Gasteiger partial charge is 0.497 e. The Kier molecular flexibility index (Phi) is 6.47. The number of hydrogen-bond acceptors (Lipinski definition) is 5. The molecule has 1 aromatic heterocycles. The summed E-state index contributed by atoms with van der Waals surface area (Å²) in [4.78, 5) is 29.1. The lowest BCUT2D eigenvalue weighted by molar-refractivity contribution is -0.383. The number of para-hydroxylation sites is 1. The molecule has 0 spiro atoms. The minimum absolute atomic E-state index is 0.0319. The van der Waals surface area contributed by atoms with E-state index >= 15 is 0 Å². The fourth-order valence-electron chi connectivity index (χ4n) is 5.79. The van der Waals surface area contributed by atoms with Crippen LogP contribution < -0.4 is 4.74 Å². The van der Waals surface area contributed by atoms with Crippen molar-refractivity contribution >= 4 is 57.5 Å². The van der Waals surface area contributed by atoms with Gasteiger partial charge >= 0.3 is 6.09 Å². The van der Waals surface area contributed by atoms with Crippen LogP contribution in [-0.2, 0) is 23.0 Å². The maximum atomic E-state index is 12.8. The van der Waals surface area contributed by atoms with Gasteiger partial charge in [-0.15, -0.1) is 0 Å². The zero-order chi connectivity index (χ0) is 25.7. The van der Waals surface area contributed by atoms with Crippen molar-refractivity contribution in [2.45, 2.75) is 28.5 Å². The van der Waals surface area contributed by atoms with E-state index in [4.69, 9.17) is 44.3 Å². The van der Waals surface area contributed by atoms with Crippen LogP contribution in [0.15, 0.2) is 42.5 Å². The van der Waals surface area contributed by atoms with Crippen LogP contribution in [0.5, 0.6) is 5.75 Å². The van der Waals surface area contributed by atoms with Gasteiger partial charge in [-0.05, 0) is 48.4 Å². The van der Waals surface area contributed by atoms with Gasteiger partial charge < -0.3 is 19.4 Å². The van der Waals surface area contributed by atoms with E-state index in [2.05, 4.69) is 11.1 Å². The quantitative estimate of drug-likeness (QED) is 0.245. The lowest BCUT2D eigenvalue weighted by Crippen LogP contribution is -2.55. The van der Waals surface area contributed by atoms with Crippen molar-refractivity contribution in [3.05, 3.63) is 69.4 Å². The van der Waals surface area contributed by atoms with Gasteiger partial charge in [0.25, 0.3) is 5.69 Å². The molecular weight excluding hydrogens is 529 g/mol. The van der Waals surface area contributed by atoms with Crippen LogP contribution in [0.4, 0.5) is 10.5 Å². The average molecular weight is 553 g/mol. The summed E-state index contributed by atoms with van der Waals surface area (Å²) in [6, 6.07) is 13.1. The first kappa shape index (κ1) is 25.0. The van der Waals surface area contributed by atoms with Crippen molar-refractivity contribution in [2.75, 3.05) is 26.8 Å². The number of halogens is 3. The van der Waals surface area contributed by atoms with Gasteiger partial charge in [-0.2, -0.15) is 0 Å². The molecule has 190 valence electrons. The van der Waals surface area contributed by atoms with Gasteiger partial charge in [0.15, 0.2) is 0 Å². The van der Waals surface area contributed by atoms with Crippen LogP contribution in [-0.4, -0.2) is 51.5 Å². The molecule has 1 fully saturated rings. The molecule has 1 saturated heterocycles. The summed E-state index contributed by atoms with van der Waals surface area (Å²) in [6.07, 6.45) is 1.44. The maximum Gasteiger partial charge on any atom is 0.409 e. The Hall–Kier alpha value is -2.68. The number of aromatic amines is 1. The Morgan fingerprint density at radius 3 is 2.78 bits per heavy atom. The summed E-state index contributed by atoms with van der Waals surface area (Å²) in [5.41, 5.74) is 3.44. The number of nitro groups is 1. The summed E-state index contributed by atoms with van der Waals surface area (Å²) < 4.78 is 9.07. The van der Waals surface area contributed by atoms with E-state index in [1.54, 1.807) is 18.1 Å². The molecule has 0 saturated carbocycles. The second-order valence-corrected chi connectivity index (χ2v) is 11.9. The standard InChI is InChI=1S/C25H24Cl3N3O5/c1-35-17-5-2-4-15(10-17)24-8-9-30(23(32)36-14-25(26,27)28)13-16(24)11-19-18-6-3-7-21(31(33)34)22(18)29-20(19)12-24/h2-7,10,16,29H,8-9,11-14H2,1H3. The maximum absolute atomic E-state index is 12.8. The van der Waals surface area contributed by atoms with Crippen molar-refractivity contribution in [2.24, 2.45) is 5.92 Å². The van der Waals surface area contributed by atoms with Crippen LogP contribution in [0.1, 0.15) is 23.2 Å². The first-order chi connectivity index (χ1) is 17.1. The van der Waals surface area contributed by atoms with Gasteiger partial charge in [0.1, 0.15) is 17.9 Å². The molecule has 2 heterocycles. The smallest absolute Gasteiger partial charge is 0.409 e. The van der Waals surface area contributed by atoms with Crippen molar-refractivity contribution in [1.29, 1.82) is 0 Å². The number of alkyl halides is 3. The number of H-pyrrole nitrogens is 1. The van der Waals surface area contributed by atoms with Gasteiger partial charge in [0.05, 0.1) is 12.0 Å². The predicted octanol–water partition coefficient (Wildman–Crippen LogP) is 5.95. The third-order valence-electron chi connectivity index (χ3n) is 7.46. The molecule has 2 unspecified atom stereocenters. The number of non-ortho nitro benzene ring substituents is 1. The first-order valence-electron chi connectivity index (χ1n) is 11.5. The van der Waals surface area contributed by atoms with Gasteiger partial charge in [0.2, 0.25) is 3.79 Å². The molecule has 3 aromatic rings. The average Bonchev–Trinajstić information content (AvgIpc) is 3.22. The first-order valence-corrected chi connectivity index (χ1v) is 12.6. The van der Waals surface area contributed by atoms with E-state index in [-0.39, 0.29) is 28.6 Å². The minimum Gasteiger partial charge on any atom is -0.497 e. The highest BCUT2D eigenvalue weighted by molar-refractivity contribution is 6.67. The fourth-order valence-corrected chi connectivity index (χ4v) is 5.95. The number of ether oxygens (including phenoxy) is 2. The summed E-state index contributed by atoms with van der Waals surface area (Å²) in [5.74, 6) is 0.785. The highest BCUT2D eigenvalue weighted by atomic mass is 35.6. The number of nitro benzene ring substituents is 1. The Labute approximate surface area is 222 Å². The Bertz CT molecular complexity index is 1340. The monoisotopic (exact) mass is 551 g/mol. The molecule has 5 rings (SSSR count). The topological polar surface area (TPSA) is 97.7 Å². The van der Waals surface area contributed by atoms with Gasteiger partial charge in [-0.1, -0.05) is 59.1 Å². The van der Waals surface area contributed by atoms with E-state index in [1.165, 1.54) is 6.07 Å². The van der Waals surface area contributed by atoms with Crippen LogP contribution in [0.25, 0.3) is 10.9 Å². The lowest BCUT2D eigenvalue weighted by atomic mass is 9.59. The predicted molar refractivity (Wildman–Crippen MR) is 138 cm³/mol. The number of likely N-dealkylation sites (tertiary alicyclic amines) is 1. The van der Waals surface area contributed by atoms with Crippen LogP contribution in [0, 0.1) is 16.0 Å². The van der Waals surface area contributed by atoms with Gasteiger partial charge in [-0.25, -0.2) is 4.79 Å². The number of nitrogens with zero attached hydrogens (tertiary/aromatic N) is 2. The Balaban J connectivity index is 1.55. The SMILES string of the molecule is COc1cccc(C23CCN(C(=O)OCC(Cl)(Cl)Cl)CC2Cc2c([nH]c4c([N+](=O)[O-])cccc24)C3)c1. The molecule has 1 amide bonds. The van der Waals surface area contributed by atoms with Crippen LogP contribution >= 0.6 is 34.8 Å². The molecule has 1 N–H and O–H groups in total. The molecule has 36 heavy (non-hydrogen) atoms. The van der Waals surface area contributed by atoms with E-state index in [0.717, 1.165) is 28.0 Å². The third-order valence-corrected chi connectivity index (χ3v) is 7.79. The number of fused-ring (bicyclic) bond motifs is 4. The number of carbonyl (C=O) groups is 1. The summed E-state index contributed by atoms with van der Waals surface area (Å²) in [6.45, 7) is 0.563. The van der Waals surface area contributed by atoms with Gasteiger partial charge in [-0.3, -0.25) is 10.1 Å². The fraction of sp³-hybridized carbons (Fsp3) is 0.400. The normalized spacial score (nSPS) is 21.6.